The van der Waals surface area contributed by atoms with E-state index in [0.717, 1.165) is 41.5 Å². The zero-order valence-corrected chi connectivity index (χ0v) is 17.6. The molecule has 0 aliphatic heterocycles. The quantitative estimate of drug-likeness (QED) is 0.313. The number of carbonyl (C=O) groups excluding carboxylic acids is 6. The zero-order chi connectivity index (χ0) is 23.4. The van der Waals surface area contributed by atoms with Crippen molar-refractivity contribution in [2.45, 2.75) is 66.0 Å². The van der Waals surface area contributed by atoms with Crippen LogP contribution in [0.15, 0.2) is 0 Å². The Morgan fingerprint density at radius 1 is 0.467 bits per heavy atom. The molecule has 12 nitrogen and oxygen atoms in total. The molecule has 0 fully saturated rings. The molecule has 30 heavy (non-hydrogen) atoms. The highest BCUT2D eigenvalue weighted by atomic mass is 16.6. The highest BCUT2D eigenvalue weighted by Crippen LogP contribution is 2.20. The minimum atomic E-state index is -1.57. The summed E-state index contributed by atoms with van der Waals surface area (Å²) >= 11 is 0. The van der Waals surface area contributed by atoms with Gasteiger partial charge < -0.3 is 28.4 Å². The molecule has 0 N–H and O–H groups in total. The van der Waals surface area contributed by atoms with E-state index >= 15 is 0 Å². The Bertz CT molecular complexity index is 600. The predicted molar refractivity (Wildman–Crippen MR) is 95.5 cm³/mol. The molecule has 0 rings (SSSR count). The molecule has 0 saturated heterocycles. The molecular formula is C18H26O12. The minimum absolute atomic E-state index is 0.565. The Balaban J connectivity index is 6.19. The van der Waals surface area contributed by atoms with Gasteiger partial charge in [-0.05, 0) is 0 Å². The predicted octanol–water partition coefficient (Wildman–Crippen LogP) is -0.161. The third-order valence-electron chi connectivity index (χ3n) is 3.20. The van der Waals surface area contributed by atoms with Crippen LogP contribution in [0.25, 0.3) is 0 Å². The Morgan fingerprint density at radius 3 is 0.933 bits per heavy atom. The average molecular weight is 434 g/mol. The monoisotopic (exact) mass is 434 g/mol. The van der Waals surface area contributed by atoms with Gasteiger partial charge in [-0.2, -0.15) is 0 Å². The molecule has 0 unspecified atom stereocenters. The molecule has 0 amide bonds. The van der Waals surface area contributed by atoms with Gasteiger partial charge >= 0.3 is 35.8 Å². The number of hydrogen-bond donors (Lipinski definition) is 0. The first-order valence-electron chi connectivity index (χ1n) is 8.79. The number of ether oxygens (including phenoxy) is 6. The maximum atomic E-state index is 11.7. The van der Waals surface area contributed by atoms with E-state index in [1.807, 2.05) is 0 Å². The van der Waals surface area contributed by atoms with E-state index in [1.54, 1.807) is 0 Å². The molecule has 170 valence electrons. The minimum Gasteiger partial charge on any atom is -0.462 e. The summed E-state index contributed by atoms with van der Waals surface area (Å²) in [6.07, 6.45) is -6.02. The molecule has 12 heteroatoms. The zero-order valence-electron chi connectivity index (χ0n) is 17.6. The fourth-order valence-corrected chi connectivity index (χ4v) is 2.31. The van der Waals surface area contributed by atoms with E-state index in [1.165, 1.54) is 0 Å². The lowest BCUT2D eigenvalue weighted by molar-refractivity contribution is -0.206. The van der Waals surface area contributed by atoms with Crippen molar-refractivity contribution in [2.24, 2.45) is 0 Å². The van der Waals surface area contributed by atoms with Gasteiger partial charge in [-0.15, -0.1) is 0 Å². The molecule has 0 heterocycles. The average Bonchev–Trinajstić information content (AvgIpc) is 2.57. The smallest absolute Gasteiger partial charge is 0.303 e. The lowest BCUT2D eigenvalue weighted by atomic mass is 10.0. The van der Waals surface area contributed by atoms with Crippen LogP contribution < -0.4 is 0 Å². The van der Waals surface area contributed by atoms with Crippen LogP contribution in [0.4, 0.5) is 0 Å². The second-order valence-electron chi connectivity index (χ2n) is 6.05. The highest BCUT2D eigenvalue weighted by molar-refractivity contribution is 5.69. The van der Waals surface area contributed by atoms with Crippen molar-refractivity contribution in [3.63, 3.8) is 0 Å². The van der Waals surface area contributed by atoms with Gasteiger partial charge in [0.05, 0.1) is 0 Å². The van der Waals surface area contributed by atoms with Gasteiger partial charge in [0, 0.05) is 41.5 Å². The molecule has 0 radical (unpaired) electrons. The molecule has 0 aromatic carbocycles. The van der Waals surface area contributed by atoms with Crippen LogP contribution >= 0.6 is 0 Å². The van der Waals surface area contributed by atoms with Gasteiger partial charge in [0.1, 0.15) is 13.2 Å². The van der Waals surface area contributed by atoms with Gasteiger partial charge in [0.15, 0.2) is 24.4 Å². The maximum Gasteiger partial charge on any atom is 0.303 e. The molecule has 0 spiro atoms. The number of rotatable bonds is 11. The van der Waals surface area contributed by atoms with Crippen molar-refractivity contribution in [1.82, 2.24) is 0 Å². The largest absolute Gasteiger partial charge is 0.462 e. The number of esters is 6. The molecule has 4 atom stereocenters. The lowest BCUT2D eigenvalue weighted by Gasteiger charge is -2.35. The summed E-state index contributed by atoms with van der Waals surface area (Å²) < 4.78 is 30.2. The van der Waals surface area contributed by atoms with Crippen LogP contribution in [0, 0.1) is 0 Å². The van der Waals surface area contributed by atoms with E-state index in [-0.39, 0.29) is 0 Å². The molecular weight excluding hydrogens is 408 g/mol. The molecule has 0 aromatic heterocycles. The SMILES string of the molecule is CC(=O)OC[C@@H](OC(C)=O)[C@H](OC(C)=O)[C@H](OC(C)=O)[C@@H](COC(C)=O)OC(C)=O. The van der Waals surface area contributed by atoms with Gasteiger partial charge in [-0.1, -0.05) is 0 Å². The topological polar surface area (TPSA) is 158 Å². The summed E-state index contributed by atoms with van der Waals surface area (Å²) in [4.78, 5) is 68.8. The van der Waals surface area contributed by atoms with Crippen LogP contribution in [-0.2, 0) is 57.2 Å². The summed E-state index contributed by atoms with van der Waals surface area (Å²) in [5.74, 6) is -4.84. The van der Waals surface area contributed by atoms with Crippen LogP contribution in [0.5, 0.6) is 0 Å². The Kier molecular flexibility index (Phi) is 11.7. The van der Waals surface area contributed by atoms with Gasteiger partial charge in [-0.25, -0.2) is 0 Å². The van der Waals surface area contributed by atoms with Crippen molar-refractivity contribution in [2.75, 3.05) is 13.2 Å². The fourth-order valence-electron chi connectivity index (χ4n) is 2.31. The van der Waals surface area contributed by atoms with Crippen LogP contribution in [-0.4, -0.2) is 73.4 Å². The standard InChI is InChI=1S/C18H26O12/c1-9(19)25-7-15(27-11(3)21)17(29-13(5)23)18(30-14(6)24)16(28-12(4)22)8-26-10(2)20/h15-18H,7-8H2,1-6H3/t15-,16-,17-,18+/m1/s1. The van der Waals surface area contributed by atoms with Crippen molar-refractivity contribution in [3.8, 4) is 0 Å². The van der Waals surface area contributed by atoms with Crippen molar-refractivity contribution >= 4 is 35.8 Å². The number of carbonyl (C=O) groups is 6. The first-order chi connectivity index (χ1) is 13.8. The lowest BCUT2D eigenvalue weighted by Crippen LogP contribution is -2.54. The molecule has 0 aliphatic carbocycles. The molecule has 0 saturated carbocycles. The summed E-state index contributed by atoms with van der Waals surface area (Å²) in [5, 5.41) is 0. The maximum absolute atomic E-state index is 11.7. The summed E-state index contributed by atoms with van der Waals surface area (Å²) in [7, 11) is 0. The van der Waals surface area contributed by atoms with E-state index in [2.05, 4.69) is 0 Å². The Morgan fingerprint density at radius 2 is 0.733 bits per heavy atom. The van der Waals surface area contributed by atoms with Gasteiger partial charge in [-0.3, -0.25) is 28.8 Å². The summed E-state index contributed by atoms with van der Waals surface area (Å²) in [6, 6.07) is 0. The Hall–Kier alpha value is -3.18. The molecule has 0 bridgehead atoms. The third-order valence-corrected chi connectivity index (χ3v) is 3.20. The van der Waals surface area contributed by atoms with Gasteiger partial charge in [0.2, 0.25) is 0 Å². The van der Waals surface area contributed by atoms with Crippen molar-refractivity contribution < 1.29 is 57.2 Å². The van der Waals surface area contributed by atoms with Crippen molar-refractivity contribution in [1.29, 1.82) is 0 Å². The first kappa shape index (κ1) is 26.8. The second-order valence-corrected chi connectivity index (χ2v) is 6.05. The van der Waals surface area contributed by atoms with E-state index in [9.17, 15) is 28.8 Å². The Labute approximate surface area is 173 Å². The fraction of sp³-hybridized carbons (Fsp3) is 0.667. The molecule has 0 aromatic rings. The van der Waals surface area contributed by atoms with Crippen LogP contribution in [0.2, 0.25) is 0 Å². The summed E-state index contributed by atoms with van der Waals surface area (Å²) in [5.41, 5.74) is 0. The van der Waals surface area contributed by atoms with Crippen molar-refractivity contribution in [3.05, 3.63) is 0 Å². The van der Waals surface area contributed by atoms with E-state index in [0.29, 0.717) is 0 Å². The number of hydrogen-bond acceptors (Lipinski definition) is 12. The third kappa shape index (κ3) is 11.6. The normalized spacial score (nSPS) is 14.2. The van der Waals surface area contributed by atoms with E-state index in [4.69, 9.17) is 28.4 Å². The van der Waals surface area contributed by atoms with Gasteiger partial charge in [0.25, 0.3) is 0 Å². The van der Waals surface area contributed by atoms with Crippen LogP contribution in [0.1, 0.15) is 41.5 Å². The summed E-state index contributed by atoms with van der Waals surface area (Å²) in [6.45, 7) is 5.22. The second kappa shape index (κ2) is 13.1. The highest BCUT2D eigenvalue weighted by Gasteiger charge is 2.44. The molecule has 0 aliphatic rings. The van der Waals surface area contributed by atoms with E-state index < -0.39 is 73.4 Å². The van der Waals surface area contributed by atoms with Crippen LogP contribution in [0.3, 0.4) is 0 Å². The first-order valence-corrected chi connectivity index (χ1v) is 8.79.